The maximum absolute atomic E-state index is 2.57. The Morgan fingerprint density at radius 2 is 2.38 bits per heavy atom. The van der Waals surface area contributed by atoms with E-state index >= 15 is 0 Å². The van der Waals surface area contributed by atoms with Crippen LogP contribution in [0.4, 0.5) is 0 Å². The van der Waals surface area contributed by atoms with Gasteiger partial charge in [0.1, 0.15) is 0 Å². The predicted octanol–water partition coefficient (Wildman–Crippen LogP) is 2.76. The molecule has 0 saturated heterocycles. The lowest BCUT2D eigenvalue weighted by Crippen LogP contribution is -2.32. The molecule has 0 saturated carbocycles. The van der Waals surface area contributed by atoms with E-state index in [-0.39, 0.29) is 0 Å². The summed E-state index contributed by atoms with van der Waals surface area (Å²) in [6.45, 7) is 8.27. The lowest BCUT2D eigenvalue weighted by Gasteiger charge is -2.28. The molecule has 0 aliphatic carbocycles. The van der Waals surface area contributed by atoms with Crippen LogP contribution < -0.4 is 0 Å². The van der Waals surface area contributed by atoms with Crippen LogP contribution in [0.2, 0.25) is 0 Å². The van der Waals surface area contributed by atoms with Crippen LogP contribution in [-0.4, -0.2) is 18.0 Å². The standard InChI is InChI=1S/C11H17NS/c1-9(2)7-12-5-3-11-10(8-12)4-6-13-11/h4,6,9H,3,5,7-8H2,1-2H3. The Kier molecular flexibility index (Phi) is 2.70. The van der Waals surface area contributed by atoms with E-state index in [4.69, 9.17) is 0 Å². The van der Waals surface area contributed by atoms with Crippen molar-refractivity contribution in [2.24, 2.45) is 5.92 Å². The van der Waals surface area contributed by atoms with Crippen LogP contribution >= 0.6 is 11.3 Å². The Hall–Kier alpha value is -0.340. The number of hydrogen-bond acceptors (Lipinski definition) is 2. The molecule has 0 amide bonds. The lowest BCUT2D eigenvalue weighted by atomic mass is 10.1. The van der Waals surface area contributed by atoms with Crippen LogP contribution in [0.1, 0.15) is 24.3 Å². The normalized spacial score (nSPS) is 17.8. The van der Waals surface area contributed by atoms with E-state index in [2.05, 4.69) is 30.2 Å². The topological polar surface area (TPSA) is 3.24 Å². The first kappa shape index (κ1) is 9.22. The van der Waals surface area contributed by atoms with Gasteiger partial charge in [-0.1, -0.05) is 13.8 Å². The molecule has 0 N–H and O–H groups in total. The van der Waals surface area contributed by atoms with Crippen molar-refractivity contribution in [3.63, 3.8) is 0 Å². The van der Waals surface area contributed by atoms with Crippen molar-refractivity contribution in [3.8, 4) is 0 Å². The quantitative estimate of drug-likeness (QED) is 0.701. The van der Waals surface area contributed by atoms with E-state index < -0.39 is 0 Å². The first-order valence-corrected chi connectivity index (χ1v) is 5.91. The van der Waals surface area contributed by atoms with Crippen LogP contribution in [0.5, 0.6) is 0 Å². The number of nitrogens with zero attached hydrogens (tertiary/aromatic N) is 1. The van der Waals surface area contributed by atoms with Gasteiger partial charge in [0, 0.05) is 24.5 Å². The van der Waals surface area contributed by atoms with Crippen molar-refractivity contribution in [2.75, 3.05) is 13.1 Å². The molecule has 1 aliphatic heterocycles. The molecule has 0 atom stereocenters. The molecule has 72 valence electrons. The van der Waals surface area contributed by atoms with Gasteiger partial charge in [-0.3, -0.25) is 4.90 Å². The highest BCUT2D eigenvalue weighted by Gasteiger charge is 2.17. The van der Waals surface area contributed by atoms with Gasteiger partial charge in [-0.15, -0.1) is 11.3 Å². The first-order chi connectivity index (χ1) is 6.25. The Labute approximate surface area is 84.4 Å². The Bertz CT molecular complexity index is 277. The van der Waals surface area contributed by atoms with E-state index in [0.29, 0.717) is 0 Å². The fraction of sp³-hybridized carbons (Fsp3) is 0.636. The maximum Gasteiger partial charge on any atom is 0.0245 e. The molecule has 2 heterocycles. The SMILES string of the molecule is CC(C)CN1CCc2sccc2C1. The van der Waals surface area contributed by atoms with Crippen LogP contribution in [-0.2, 0) is 13.0 Å². The second-order valence-corrected chi connectivity index (χ2v) is 5.25. The van der Waals surface area contributed by atoms with Crippen LogP contribution in [0.15, 0.2) is 11.4 Å². The summed E-state index contributed by atoms with van der Waals surface area (Å²) in [6, 6.07) is 2.28. The highest BCUT2D eigenvalue weighted by Crippen LogP contribution is 2.24. The van der Waals surface area contributed by atoms with Crippen molar-refractivity contribution < 1.29 is 0 Å². The molecule has 0 aromatic carbocycles. The minimum absolute atomic E-state index is 0.792. The number of fused-ring (bicyclic) bond motifs is 1. The van der Waals surface area contributed by atoms with Crippen LogP contribution in [0.3, 0.4) is 0 Å². The van der Waals surface area contributed by atoms with Crippen molar-refractivity contribution in [2.45, 2.75) is 26.8 Å². The molecule has 0 bridgehead atoms. The molecule has 1 aromatic rings. The first-order valence-electron chi connectivity index (χ1n) is 5.03. The zero-order valence-corrected chi connectivity index (χ0v) is 9.23. The molecule has 2 rings (SSSR count). The summed E-state index contributed by atoms with van der Waals surface area (Å²) in [4.78, 5) is 4.18. The summed E-state index contributed by atoms with van der Waals surface area (Å²) in [6.07, 6.45) is 1.26. The van der Waals surface area contributed by atoms with E-state index in [9.17, 15) is 0 Å². The molecule has 2 heteroatoms. The van der Waals surface area contributed by atoms with E-state index in [1.807, 2.05) is 11.3 Å². The van der Waals surface area contributed by atoms with E-state index in [1.54, 1.807) is 10.4 Å². The van der Waals surface area contributed by atoms with Crippen molar-refractivity contribution in [1.82, 2.24) is 4.90 Å². The molecule has 0 radical (unpaired) electrons. The Balaban J connectivity index is 2.00. The van der Waals surface area contributed by atoms with Crippen LogP contribution in [0, 0.1) is 5.92 Å². The van der Waals surface area contributed by atoms with Gasteiger partial charge in [0.15, 0.2) is 0 Å². The zero-order chi connectivity index (χ0) is 9.26. The number of hydrogen-bond donors (Lipinski definition) is 0. The number of rotatable bonds is 2. The van der Waals surface area contributed by atoms with Gasteiger partial charge in [-0.25, -0.2) is 0 Å². The zero-order valence-electron chi connectivity index (χ0n) is 8.42. The van der Waals surface area contributed by atoms with Crippen molar-refractivity contribution in [3.05, 3.63) is 21.9 Å². The minimum atomic E-state index is 0.792. The van der Waals surface area contributed by atoms with E-state index in [0.717, 1.165) is 5.92 Å². The average Bonchev–Trinajstić information content (AvgIpc) is 2.49. The van der Waals surface area contributed by atoms with Gasteiger partial charge in [0.25, 0.3) is 0 Å². The number of thiophene rings is 1. The summed E-state index contributed by atoms with van der Waals surface area (Å²) in [5, 5.41) is 2.23. The average molecular weight is 195 g/mol. The highest BCUT2D eigenvalue weighted by atomic mass is 32.1. The fourth-order valence-corrected chi connectivity index (χ4v) is 2.87. The Morgan fingerprint density at radius 1 is 1.54 bits per heavy atom. The molecule has 1 aliphatic rings. The van der Waals surface area contributed by atoms with E-state index in [1.165, 1.54) is 26.1 Å². The third-order valence-electron chi connectivity index (χ3n) is 2.51. The van der Waals surface area contributed by atoms with Crippen molar-refractivity contribution in [1.29, 1.82) is 0 Å². The molecule has 13 heavy (non-hydrogen) atoms. The molecular weight excluding hydrogens is 178 g/mol. The van der Waals surface area contributed by atoms with Crippen LogP contribution in [0.25, 0.3) is 0 Å². The smallest absolute Gasteiger partial charge is 0.0245 e. The Morgan fingerprint density at radius 3 is 3.15 bits per heavy atom. The molecule has 1 aromatic heterocycles. The third kappa shape index (κ3) is 2.12. The molecule has 0 unspecified atom stereocenters. The van der Waals surface area contributed by atoms with Gasteiger partial charge in [0.2, 0.25) is 0 Å². The molecule has 1 nitrogen and oxygen atoms in total. The summed E-state index contributed by atoms with van der Waals surface area (Å²) in [7, 11) is 0. The van der Waals surface area contributed by atoms with Gasteiger partial charge in [0.05, 0.1) is 0 Å². The second kappa shape index (κ2) is 3.81. The monoisotopic (exact) mass is 195 g/mol. The lowest BCUT2D eigenvalue weighted by molar-refractivity contribution is 0.228. The summed E-state index contributed by atoms with van der Waals surface area (Å²) in [5.74, 6) is 0.792. The third-order valence-corrected chi connectivity index (χ3v) is 3.53. The minimum Gasteiger partial charge on any atom is -0.298 e. The molecule has 0 fully saturated rings. The summed E-state index contributed by atoms with van der Waals surface area (Å²) < 4.78 is 0. The van der Waals surface area contributed by atoms with Gasteiger partial charge in [-0.05, 0) is 29.3 Å². The van der Waals surface area contributed by atoms with Gasteiger partial charge < -0.3 is 0 Å². The predicted molar refractivity (Wildman–Crippen MR) is 58.1 cm³/mol. The molecule has 0 spiro atoms. The highest BCUT2D eigenvalue weighted by molar-refractivity contribution is 7.10. The second-order valence-electron chi connectivity index (χ2n) is 4.25. The maximum atomic E-state index is 2.57. The largest absolute Gasteiger partial charge is 0.298 e. The fourth-order valence-electron chi connectivity index (χ4n) is 1.98. The van der Waals surface area contributed by atoms with Crippen molar-refractivity contribution >= 4 is 11.3 Å². The van der Waals surface area contributed by atoms with Gasteiger partial charge in [-0.2, -0.15) is 0 Å². The molecular formula is C11H17NS. The summed E-state index contributed by atoms with van der Waals surface area (Å²) in [5.41, 5.74) is 1.57. The summed E-state index contributed by atoms with van der Waals surface area (Å²) >= 11 is 1.92. The van der Waals surface area contributed by atoms with Gasteiger partial charge >= 0.3 is 0 Å².